The second kappa shape index (κ2) is 5.85. The molecule has 0 saturated carbocycles. The second-order valence-electron chi connectivity index (χ2n) is 4.82. The van der Waals surface area contributed by atoms with E-state index in [-0.39, 0.29) is 28.4 Å². The summed E-state index contributed by atoms with van der Waals surface area (Å²) in [5.41, 5.74) is 0.591. The molecule has 0 radical (unpaired) electrons. The van der Waals surface area contributed by atoms with Gasteiger partial charge in [-0.1, -0.05) is 11.6 Å². The van der Waals surface area contributed by atoms with E-state index in [2.05, 4.69) is 0 Å². The Bertz CT molecular complexity index is 946. The van der Waals surface area contributed by atoms with Crippen LogP contribution in [0, 0.1) is 0 Å². The molecule has 0 bridgehead atoms. The van der Waals surface area contributed by atoms with Crippen LogP contribution in [0.5, 0.6) is 17.2 Å². The summed E-state index contributed by atoms with van der Waals surface area (Å²) in [6.45, 7) is 0. The van der Waals surface area contributed by atoms with Crippen LogP contribution in [-0.2, 0) is 0 Å². The van der Waals surface area contributed by atoms with Gasteiger partial charge in [-0.3, -0.25) is 4.79 Å². The van der Waals surface area contributed by atoms with Gasteiger partial charge in [-0.2, -0.15) is 0 Å². The van der Waals surface area contributed by atoms with Gasteiger partial charge in [0.1, 0.15) is 5.58 Å². The molecule has 2 aromatic carbocycles. The fourth-order valence-corrected chi connectivity index (χ4v) is 2.51. The molecule has 0 amide bonds. The Balaban J connectivity index is 2.34. The van der Waals surface area contributed by atoms with Gasteiger partial charge in [-0.25, -0.2) is 0 Å². The van der Waals surface area contributed by atoms with Crippen LogP contribution in [0.3, 0.4) is 0 Å². The van der Waals surface area contributed by atoms with Crippen LogP contribution in [0.25, 0.3) is 22.3 Å². The van der Waals surface area contributed by atoms with Gasteiger partial charge in [0.25, 0.3) is 0 Å². The summed E-state index contributed by atoms with van der Waals surface area (Å²) in [5, 5.41) is 10.5. The molecule has 1 aromatic heterocycles. The van der Waals surface area contributed by atoms with E-state index >= 15 is 0 Å². The molecule has 0 atom stereocenters. The minimum Gasteiger partial charge on any atom is -0.504 e. The summed E-state index contributed by atoms with van der Waals surface area (Å²) in [6.07, 6.45) is 0. The van der Waals surface area contributed by atoms with Gasteiger partial charge in [-0.15, -0.1) is 0 Å². The van der Waals surface area contributed by atoms with Crippen LogP contribution in [0.2, 0.25) is 5.02 Å². The normalized spacial score (nSPS) is 10.7. The van der Waals surface area contributed by atoms with E-state index in [4.69, 9.17) is 25.5 Å². The zero-order chi connectivity index (χ0) is 16.6. The molecule has 0 aliphatic carbocycles. The highest BCUT2D eigenvalue weighted by molar-refractivity contribution is 6.31. The SMILES string of the molecule is COc1cc(-c2oc3cc(Cl)ccc3c(=O)c2OC)ccc1O. The van der Waals surface area contributed by atoms with Crippen molar-refractivity contribution < 1.29 is 19.0 Å². The maximum atomic E-state index is 12.6. The lowest BCUT2D eigenvalue weighted by molar-refractivity contribution is 0.373. The molecule has 0 spiro atoms. The average molecular weight is 333 g/mol. The zero-order valence-corrected chi connectivity index (χ0v) is 13.2. The number of aromatic hydroxyl groups is 1. The molecule has 1 N–H and O–H groups in total. The highest BCUT2D eigenvalue weighted by atomic mass is 35.5. The van der Waals surface area contributed by atoms with Gasteiger partial charge < -0.3 is 19.0 Å². The molecule has 118 valence electrons. The highest BCUT2D eigenvalue weighted by Gasteiger charge is 2.18. The minimum absolute atomic E-state index is 0.0126. The van der Waals surface area contributed by atoms with E-state index in [0.29, 0.717) is 21.6 Å². The largest absolute Gasteiger partial charge is 0.504 e. The van der Waals surface area contributed by atoms with E-state index in [1.165, 1.54) is 20.3 Å². The predicted molar refractivity (Wildman–Crippen MR) is 87.7 cm³/mol. The Labute approximate surface area is 136 Å². The number of rotatable bonds is 3. The highest BCUT2D eigenvalue weighted by Crippen LogP contribution is 2.36. The van der Waals surface area contributed by atoms with Crippen molar-refractivity contribution in [3.05, 3.63) is 51.6 Å². The molecule has 0 fully saturated rings. The smallest absolute Gasteiger partial charge is 0.235 e. The Morgan fingerprint density at radius 1 is 1.09 bits per heavy atom. The molecule has 0 aliphatic heterocycles. The Kier molecular flexibility index (Phi) is 3.88. The van der Waals surface area contributed by atoms with Gasteiger partial charge in [0, 0.05) is 16.7 Å². The number of fused-ring (bicyclic) bond motifs is 1. The van der Waals surface area contributed by atoms with Crippen LogP contribution in [0.1, 0.15) is 0 Å². The lowest BCUT2D eigenvalue weighted by Gasteiger charge is -2.11. The molecular weight excluding hydrogens is 320 g/mol. The maximum Gasteiger partial charge on any atom is 0.235 e. The van der Waals surface area contributed by atoms with Gasteiger partial charge in [0.05, 0.1) is 19.6 Å². The van der Waals surface area contributed by atoms with Crippen molar-refractivity contribution in [2.75, 3.05) is 14.2 Å². The molecule has 23 heavy (non-hydrogen) atoms. The average Bonchev–Trinajstić information content (AvgIpc) is 2.55. The van der Waals surface area contributed by atoms with Crippen LogP contribution >= 0.6 is 11.6 Å². The molecule has 0 saturated heterocycles. The topological polar surface area (TPSA) is 68.9 Å². The zero-order valence-electron chi connectivity index (χ0n) is 12.4. The summed E-state index contributed by atoms with van der Waals surface area (Å²) < 4.78 is 16.1. The maximum absolute atomic E-state index is 12.6. The van der Waals surface area contributed by atoms with Crippen LogP contribution in [-0.4, -0.2) is 19.3 Å². The number of phenolic OH excluding ortho intramolecular Hbond substituents is 1. The molecule has 0 unspecified atom stereocenters. The molecule has 3 aromatic rings. The van der Waals surface area contributed by atoms with Crippen LogP contribution in [0.4, 0.5) is 0 Å². The van der Waals surface area contributed by atoms with Crippen molar-refractivity contribution in [2.45, 2.75) is 0 Å². The van der Waals surface area contributed by atoms with Gasteiger partial charge in [-0.05, 0) is 30.3 Å². The lowest BCUT2D eigenvalue weighted by atomic mass is 10.1. The molecule has 1 heterocycles. The standard InChI is InChI=1S/C17H13ClO5/c1-21-14-7-9(3-6-12(14)19)16-17(22-2)15(20)11-5-4-10(18)8-13(11)23-16/h3-8,19H,1-2H3. The minimum atomic E-state index is -0.299. The first kappa shape index (κ1) is 15.2. The fraction of sp³-hybridized carbons (Fsp3) is 0.118. The number of benzene rings is 2. The quantitative estimate of drug-likeness (QED) is 0.789. The van der Waals surface area contributed by atoms with Gasteiger partial charge >= 0.3 is 0 Å². The van der Waals surface area contributed by atoms with Crippen molar-refractivity contribution in [3.8, 4) is 28.6 Å². The fourth-order valence-electron chi connectivity index (χ4n) is 2.34. The van der Waals surface area contributed by atoms with Crippen molar-refractivity contribution in [3.63, 3.8) is 0 Å². The number of ether oxygens (including phenoxy) is 2. The van der Waals surface area contributed by atoms with Crippen molar-refractivity contribution in [1.82, 2.24) is 0 Å². The number of hydrogen-bond donors (Lipinski definition) is 1. The molecule has 3 rings (SSSR count). The van der Waals surface area contributed by atoms with E-state index in [1.807, 2.05) is 0 Å². The summed E-state index contributed by atoms with van der Waals surface area (Å²) in [7, 11) is 2.83. The third-order valence-electron chi connectivity index (χ3n) is 3.46. The Morgan fingerprint density at radius 2 is 1.87 bits per heavy atom. The number of methoxy groups -OCH3 is 2. The lowest BCUT2D eigenvalue weighted by Crippen LogP contribution is -2.07. The van der Waals surface area contributed by atoms with Crippen LogP contribution < -0.4 is 14.9 Å². The summed E-state index contributed by atoms with van der Waals surface area (Å²) in [6, 6.07) is 9.40. The first-order valence-corrected chi connectivity index (χ1v) is 7.10. The Morgan fingerprint density at radius 3 is 2.57 bits per heavy atom. The number of phenols is 1. The van der Waals surface area contributed by atoms with Crippen molar-refractivity contribution in [2.24, 2.45) is 0 Å². The van der Waals surface area contributed by atoms with E-state index in [0.717, 1.165) is 0 Å². The van der Waals surface area contributed by atoms with Gasteiger partial charge in [0.2, 0.25) is 11.2 Å². The van der Waals surface area contributed by atoms with Crippen LogP contribution in [0.15, 0.2) is 45.6 Å². The summed E-state index contributed by atoms with van der Waals surface area (Å²) in [4.78, 5) is 12.6. The monoisotopic (exact) mass is 332 g/mol. The molecular formula is C17H13ClO5. The third-order valence-corrected chi connectivity index (χ3v) is 3.69. The Hall–Kier alpha value is -2.66. The third kappa shape index (κ3) is 2.59. The number of hydrogen-bond acceptors (Lipinski definition) is 5. The van der Waals surface area contributed by atoms with E-state index in [9.17, 15) is 9.90 Å². The first-order chi connectivity index (χ1) is 11.0. The molecule has 6 heteroatoms. The molecule has 5 nitrogen and oxygen atoms in total. The van der Waals surface area contributed by atoms with Gasteiger partial charge in [0.15, 0.2) is 17.3 Å². The number of halogens is 1. The van der Waals surface area contributed by atoms with E-state index < -0.39 is 0 Å². The van der Waals surface area contributed by atoms with Crippen molar-refractivity contribution in [1.29, 1.82) is 0 Å². The van der Waals surface area contributed by atoms with E-state index in [1.54, 1.807) is 30.3 Å². The second-order valence-corrected chi connectivity index (χ2v) is 5.26. The summed E-state index contributed by atoms with van der Waals surface area (Å²) in [5.74, 6) is 0.568. The summed E-state index contributed by atoms with van der Waals surface area (Å²) >= 11 is 5.97. The molecule has 0 aliphatic rings. The van der Waals surface area contributed by atoms with Crippen molar-refractivity contribution >= 4 is 22.6 Å². The predicted octanol–water partition coefficient (Wildman–Crippen LogP) is 3.84. The first-order valence-electron chi connectivity index (χ1n) is 6.73.